The third-order valence-corrected chi connectivity index (χ3v) is 7.69. The van der Waals surface area contributed by atoms with Crippen LogP contribution in [0.1, 0.15) is 80.4 Å². The zero-order valence-corrected chi connectivity index (χ0v) is 22.6. The zero-order chi connectivity index (χ0) is 28.6. The molecule has 1 unspecified atom stereocenters. The summed E-state index contributed by atoms with van der Waals surface area (Å²) in [5, 5.41) is 21.1. The largest absolute Gasteiger partial charge is 0.478 e. The van der Waals surface area contributed by atoms with Crippen molar-refractivity contribution in [1.82, 2.24) is 0 Å². The summed E-state index contributed by atoms with van der Waals surface area (Å²) >= 11 is 0. The van der Waals surface area contributed by atoms with Crippen LogP contribution in [-0.2, 0) is 17.5 Å². The van der Waals surface area contributed by atoms with Crippen molar-refractivity contribution in [3.63, 3.8) is 0 Å². The molecule has 0 aromatic heterocycles. The number of aromatic carboxylic acids is 1. The van der Waals surface area contributed by atoms with Crippen LogP contribution in [0.3, 0.4) is 0 Å². The van der Waals surface area contributed by atoms with Crippen molar-refractivity contribution >= 4 is 5.97 Å². The van der Waals surface area contributed by atoms with E-state index in [0.29, 0.717) is 17.5 Å². The molecule has 0 radical (unpaired) electrons. The molecular weight excluding hydrogens is 505 g/mol. The van der Waals surface area contributed by atoms with Crippen LogP contribution in [-0.4, -0.2) is 22.0 Å². The molecule has 0 fully saturated rings. The molecule has 0 saturated heterocycles. The van der Waals surface area contributed by atoms with Gasteiger partial charge >= 0.3 is 12.1 Å². The molecule has 2 aliphatic rings. The minimum absolute atomic E-state index is 0.0448. The van der Waals surface area contributed by atoms with Crippen molar-refractivity contribution < 1.29 is 32.9 Å². The fourth-order valence-electron chi connectivity index (χ4n) is 5.43. The van der Waals surface area contributed by atoms with E-state index in [1.54, 1.807) is 12.1 Å². The van der Waals surface area contributed by atoms with E-state index in [1.807, 2.05) is 0 Å². The molecule has 7 heteroatoms. The highest BCUT2D eigenvalue weighted by atomic mass is 19.4. The van der Waals surface area contributed by atoms with Gasteiger partial charge in [0.25, 0.3) is 0 Å². The van der Waals surface area contributed by atoms with Gasteiger partial charge in [-0.1, -0.05) is 63.3 Å². The van der Waals surface area contributed by atoms with Crippen molar-refractivity contribution in [3.05, 3.63) is 93.6 Å². The fraction of sp³-hybridized carbons (Fsp3) is 0.406. The van der Waals surface area contributed by atoms with Crippen LogP contribution in [0, 0.1) is 22.7 Å². The van der Waals surface area contributed by atoms with E-state index in [9.17, 15) is 23.1 Å². The first-order valence-corrected chi connectivity index (χ1v) is 12.9. The van der Waals surface area contributed by atoms with E-state index in [-0.39, 0.29) is 29.4 Å². The molecule has 4 nitrogen and oxygen atoms in total. The second-order valence-corrected chi connectivity index (χ2v) is 11.7. The molecule has 0 aliphatic heterocycles. The topological polar surface area (TPSA) is 66.8 Å². The number of carboxylic acid groups (broad SMARTS) is 1. The molecule has 2 aromatic carbocycles. The number of halogens is 3. The number of hydrogen-bond acceptors (Lipinski definition) is 3. The number of alkyl halides is 3. The van der Waals surface area contributed by atoms with Gasteiger partial charge in [0.1, 0.15) is 0 Å². The highest BCUT2D eigenvalue weighted by Gasteiger charge is 2.50. The van der Waals surface area contributed by atoms with E-state index in [0.717, 1.165) is 41.7 Å². The Labute approximate surface area is 227 Å². The lowest BCUT2D eigenvalue weighted by atomic mass is 9.58. The van der Waals surface area contributed by atoms with Gasteiger partial charge in [0.2, 0.25) is 0 Å². The van der Waals surface area contributed by atoms with Crippen LogP contribution in [0.5, 0.6) is 0 Å². The molecule has 206 valence electrons. The summed E-state index contributed by atoms with van der Waals surface area (Å²) in [6.07, 6.45) is 0.0592. The molecule has 0 amide bonds. The summed E-state index contributed by atoms with van der Waals surface area (Å²) in [6.45, 7) is 8.41. The Kier molecular flexibility index (Phi) is 7.59. The van der Waals surface area contributed by atoms with Crippen molar-refractivity contribution in [1.29, 1.82) is 0 Å². The monoisotopic (exact) mass is 538 g/mol. The molecular formula is C32H33F3O4. The molecule has 39 heavy (non-hydrogen) atoms. The quantitative estimate of drug-likeness (QED) is 0.305. The standard InChI is InChI=1S/C32H33F3O4/c1-29(2)16-17-30(3,4)27-26(29)18-23(7-5-6-21-8-12-24(13-9-21)28(36)37)19-31(27,38)39-20-22-10-14-25(15-11-22)32(33,34)35/h8-15,18,38H,7,16-17,19-20H2,1-4H3,(H,36,37). The maximum absolute atomic E-state index is 13.0. The Morgan fingerprint density at radius 2 is 1.59 bits per heavy atom. The third-order valence-electron chi connectivity index (χ3n) is 7.69. The maximum atomic E-state index is 13.0. The molecule has 1 atom stereocenters. The number of carboxylic acids is 1. The van der Waals surface area contributed by atoms with Gasteiger partial charge in [-0.2, -0.15) is 13.2 Å². The summed E-state index contributed by atoms with van der Waals surface area (Å²) in [5.74, 6) is 3.56. The SMILES string of the molecule is CC1(C)CCC(C)(C)C2=C1C=C(CC#Cc1ccc(C(=O)O)cc1)CC2(O)OCc1ccc(C(F)(F)F)cc1. The van der Waals surface area contributed by atoms with E-state index in [2.05, 4.69) is 45.6 Å². The Hall–Kier alpha value is -3.34. The van der Waals surface area contributed by atoms with Gasteiger partial charge in [-0.05, 0) is 76.8 Å². The number of benzene rings is 2. The lowest BCUT2D eigenvalue weighted by Gasteiger charge is -2.50. The molecule has 0 bridgehead atoms. The molecule has 0 spiro atoms. The molecule has 0 saturated carbocycles. The predicted molar refractivity (Wildman–Crippen MR) is 143 cm³/mol. The second kappa shape index (κ2) is 10.3. The summed E-state index contributed by atoms with van der Waals surface area (Å²) in [6, 6.07) is 11.1. The van der Waals surface area contributed by atoms with Crippen LogP contribution >= 0.6 is 0 Å². The Bertz CT molecular complexity index is 1370. The van der Waals surface area contributed by atoms with E-state index in [1.165, 1.54) is 24.3 Å². The van der Waals surface area contributed by atoms with E-state index < -0.39 is 23.5 Å². The van der Waals surface area contributed by atoms with Gasteiger partial charge in [0.05, 0.1) is 17.7 Å². The van der Waals surface area contributed by atoms with Crippen molar-refractivity contribution in [3.8, 4) is 11.8 Å². The average Bonchev–Trinajstić information content (AvgIpc) is 2.85. The number of hydrogen-bond donors (Lipinski definition) is 2. The number of rotatable bonds is 5. The van der Waals surface area contributed by atoms with Gasteiger partial charge in [-0.25, -0.2) is 4.79 Å². The fourth-order valence-corrected chi connectivity index (χ4v) is 5.43. The van der Waals surface area contributed by atoms with Gasteiger partial charge in [0, 0.05) is 18.4 Å². The molecule has 2 N–H and O–H groups in total. The Morgan fingerprint density at radius 3 is 2.18 bits per heavy atom. The summed E-state index contributed by atoms with van der Waals surface area (Å²) < 4.78 is 45.1. The maximum Gasteiger partial charge on any atom is 0.416 e. The summed E-state index contributed by atoms with van der Waals surface area (Å²) in [7, 11) is 0. The summed E-state index contributed by atoms with van der Waals surface area (Å²) in [5.41, 5.74) is 2.86. The third kappa shape index (κ3) is 6.29. The molecule has 4 rings (SSSR count). The predicted octanol–water partition coefficient (Wildman–Crippen LogP) is 7.52. The first kappa shape index (κ1) is 28.7. The number of allylic oxidation sites excluding steroid dienone is 2. The lowest BCUT2D eigenvalue weighted by Crippen LogP contribution is -2.47. The summed E-state index contributed by atoms with van der Waals surface area (Å²) in [4.78, 5) is 11.1. The van der Waals surface area contributed by atoms with Crippen LogP contribution in [0.25, 0.3) is 0 Å². The van der Waals surface area contributed by atoms with Gasteiger partial charge in [-0.15, -0.1) is 0 Å². The number of carbonyl (C=O) groups is 1. The smallest absolute Gasteiger partial charge is 0.416 e. The Balaban J connectivity index is 1.62. The number of ether oxygens (including phenoxy) is 1. The van der Waals surface area contributed by atoms with Crippen LogP contribution in [0.4, 0.5) is 13.2 Å². The first-order valence-electron chi connectivity index (χ1n) is 12.9. The Morgan fingerprint density at radius 1 is 0.974 bits per heavy atom. The second-order valence-electron chi connectivity index (χ2n) is 11.7. The van der Waals surface area contributed by atoms with Gasteiger partial charge < -0.3 is 14.9 Å². The van der Waals surface area contributed by atoms with Crippen LogP contribution in [0.2, 0.25) is 0 Å². The minimum Gasteiger partial charge on any atom is -0.478 e. The minimum atomic E-state index is -4.42. The van der Waals surface area contributed by atoms with Crippen LogP contribution < -0.4 is 0 Å². The normalized spacial score (nSPS) is 21.9. The van der Waals surface area contributed by atoms with E-state index >= 15 is 0 Å². The number of aliphatic hydroxyl groups is 1. The molecule has 2 aliphatic carbocycles. The zero-order valence-electron chi connectivity index (χ0n) is 22.6. The average molecular weight is 539 g/mol. The van der Waals surface area contributed by atoms with Crippen molar-refractivity contribution in [2.24, 2.45) is 10.8 Å². The molecule has 0 heterocycles. The first-order chi connectivity index (χ1) is 18.1. The highest BCUT2D eigenvalue weighted by molar-refractivity contribution is 5.87. The van der Waals surface area contributed by atoms with Crippen LogP contribution in [0.15, 0.2) is 71.3 Å². The van der Waals surface area contributed by atoms with E-state index in [4.69, 9.17) is 9.84 Å². The highest BCUT2D eigenvalue weighted by Crippen LogP contribution is 2.56. The van der Waals surface area contributed by atoms with Gasteiger partial charge in [0.15, 0.2) is 5.79 Å². The van der Waals surface area contributed by atoms with Crippen molar-refractivity contribution in [2.45, 2.75) is 71.9 Å². The van der Waals surface area contributed by atoms with Gasteiger partial charge in [-0.3, -0.25) is 0 Å². The van der Waals surface area contributed by atoms with Crippen molar-refractivity contribution in [2.75, 3.05) is 0 Å². The lowest BCUT2D eigenvalue weighted by molar-refractivity contribution is -0.194. The molecule has 2 aromatic rings.